The predicted octanol–water partition coefficient (Wildman–Crippen LogP) is 15.7. The summed E-state index contributed by atoms with van der Waals surface area (Å²) < 4.78 is 16.6. The van der Waals surface area contributed by atoms with Gasteiger partial charge in [0.2, 0.25) is 0 Å². The van der Waals surface area contributed by atoms with Crippen molar-refractivity contribution >= 4 is 17.9 Å². The highest BCUT2D eigenvalue weighted by atomic mass is 16.6. The lowest BCUT2D eigenvalue weighted by Crippen LogP contribution is -2.30. The minimum absolute atomic E-state index is 0.126. The quantitative estimate of drug-likeness (QED) is 0.0264. The molecule has 0 N–H and O–H groups in total. The van der Waals surface area contributed by atoms with Gasteiger partial charge in [-0.3, -0.25) is 14.4 Å². The van der Waals surface area contributed by atoms with Crippen LogP contribution < -0.4 is 0 Å². The van der Waals surface area contributed by atoms with E-state index in [0.29, 0.717) is 19.3 Å². The molecule has 61 heavy (non-hydrogen) atoms. The number of unbranched alkanes of at least 4 members (excludes halogenated alkanes) is 10. The van der Waals surface area contributed by atoms with Gasteiger partial charge in [-0.25, -0.2) is 0 Å². The highest BCUT2D eigenvalue weighted by Crippen LogP contribution is 2.11. The molecule has 0 spiro atoms. The Hall–Kier alpha value is -4.19. The Balaban J connectivity index is 4.55. The first-order chi connectivity index (χ1) is 30.0. The molecule has 0 aromatic carbocycles. The Morgan fingerprint density at radius 1 is 0.344 bits per heavy atom. The summed E-state index contributed by atoms with van der Waals surface area (Å²) in [5.74, 6) is -1.06. The Kier molecular flexibility index (Phi) is 45.1. The van der Waals surface area contributed by atoms with Crippen LogP contribution in [0, 0.1) is 0 Å². The SMILES string of the molecule is CC/C=C\C/C=C\C/C=C\C/C=C\CCCCCCC(=O)OCC(COC(=O)CCCCCCC/C=C\C/C=C\CCC)OC(=O)CC/C=C\C/C=C\C/C=C\C/C=C\CC. The maximum atomic E-state index is 12.7. The van der Waals surface area contributed by atoms with E-state index in [0.717, 1.165) is 135 Å². The van der Waals surface area contributed by atoms with Crippen molar-refractivity contribution in [3.8, 4) is 0 Å². The van der Waals surface area contributed by atoms with Gasteiger partial charge in [0.15, 0.2) is 6.10 Å². The fourth-order valence-electron chi connectivity index (χ4n) is 5.89. The Bertz CT molecular complexity index is 1340. The first kappa shape index (κ1) is 56.8. The van der Waals surface area contributed by atoms with Crippen molar-refractivity contribution in [3.63, 3.8) is 0 Å². The molecule has 0 saturated heterocycles. The maximum absolute atomic E-state index is 12.7. The van der Waals surface area contributed by atoms with E-state index in [1.807, 2.05) is 12.2 Å². The van der Waals surface area contributed by atoms with Crippen molar-refractivity contribution in [2.45, 2.75) is 194 Å². The zero-order valence-electron chi connectivity index (χ0n) is 38.9. The molecule has 0 aliphatic rings. The standard InChI is InChI=1S/C55H86O6/c1-4-7-10-13-16-19-22-25-26-27-28-31-33-36-39-42-45-48-54(57)60-51-52(61-55(58)49-46-43-40-37-34-30-24-21-18-15-12-9-6-3)50-59-53(56)47-44-41-38-35-32-29-23-20-17-14-11-8-5-2/h7,9-12,14,16,18-21,23,25-26,28,30-31,34,40,43,52H,4-6,8,13,15,17,22,24,27,29,32-33,35-39,41-42,44-51H2,1-3H3/b10-7-,12-9-,14-11-,19-16-,21-18-,23-20-,26-25-,31-28-,34-30-,43-40-. The number of hydrogen-bond donors (Lipinski definition) is 0. The van der Waals surface area contributed by atoms with Crippen LogP contribution in [0.25, 0.3) is 0 Å². The summed E-state index contributed by atoms with van der Waals surface area (Å²) >= 11 is 0. The summed E-state index contributed by atoms with van der Waals surface area (Å²) in [4.78, 5) is 37.8. The van der Waals surface area contributed by atoms with Gasteiger partial charge in [-0.15, -0.1) is 0 Å². The lowest BCUT2D eigenvalue weighted by atomic mass is 10.1. The van der Waals surface area contributed by atoms with E-state index in [9.17, 15) is 14.4 Å². The number of hydrogen-bond acceptors (Lipinski definition) is 6. The van der Waals surface area contributed by atoms with Crippen molar-refractivity contribution in [1.82, 2.24) is 0 Å². The van der Waals surface area contributed by atoms with E-state index in [1.165, 1.54) is 6.42 Å². The van der Waals surface area contributed by atoms with Crippen LogP contribution in [0.3, 0.4) is 0 Å². The van der Waals surface area contributed by atoms with E-state index in [-0.39, 0.29) is 31.6 Å². The van der Waals surface area contributed by atoms with Crippen LogP contribution in [-0.2, 0) is 28.6 Å². The highest BCUT2D eigenvalue weighted by molar-refractivity contribution is 5.71. The Morgan fingerprint density at radius 3 is 1.07 bits per heavy atom. The largest absolute Gasteiger partial charge is 0.462 e. The van der Waals surface area contributed by atoms with Crippen molar-refractivity contribution in [2.75, 3.05) is 13.2 Å². The van der Waals surface area contributed by atoms with Crippen LogP contribution in [0.4, 0.5) is 0 Å². The molecule has 6 heteroatoms. The van der Waals surface area contributed by atoms with Crippen LogP contribution >= 0.6 is 0 Å². The lowest BCUT2D eigenvalue weighted by Gasteiger charge is -2.18. The van der Waals surface area contributed by atoms with E-state index < -0.39 is 12.1 Å². The first-order valence-corrected chi connectivity index (χ1v) is 24.0. The summed E-state index contributed by atoms with van der Waals surface area (Å²) in [5.41, 5.74) is 0. The predicted molar refractivity (Wildman–Crippen MR) is 260 cm³/mol. The van der Waals surface area contributed by atoms with Gasteiger partial charge in [0.25, 0.3) is 0 Å². The molecule has 0 rings (SSSR count). The van der Waals surface area contributed by atoms with Gasteiger partial charge in [0.05, 0.1) is 0 Å². The molecular weight excluding hydrogens is 757 g/mol. The molecule has 0 heterocycles. The van der Waals surface area contributed by atoms with Crippen LogP contribution in [0.5, 0.6) is 0 Å². The summed E-state index contributed by atoms with van der Waals surface area (Å²) in [7, 11) is 0. The third-order valence-electron chi connectivity index (χ3n) is 9.43. The van der Waals surface area contributed by atoms with Crippen LogP contribution in [0.15, 0.2) is 122 Å². The molecule has 6 nitrogen and oxygen atoms in total. The van der Waals surface area contributed by atoms with Crippen LogP contribution in [0.2, 0.25) is 0 Å². The van der Waals surface area contributed by atoms with Gasteiger partial charge in [-0.05, 0) is 109 Å². The fraction of sp³-hybridized carbons (Fsp3) is 0.582. The molecule has 0 aromatic heterocycles. The molecule has 0 amide bonds. The molecule has 0 bridgehead atoms. The maximum Gasteiger partial charge on any atom is 0.306 e. The van der Waals surface area contributed by atoms with Gasteiger partial charge in [0.1, 0.15) is 13.2 Å². The summed E-state index contributed by atoms with van der Waals surface area (Å²) in [6.45, 7) is 6.22. The minimum atomic E-state index is -0.834. The molecule has 0 aliphatic carbocycles. The number of carbonyl (C=O) groups excluding carboxylic acids is 3. The Morgan fingerprint density at radius 2 is 0.672 bits per heavy atom. The molecule has 0 saturated carbocycles. The van der Waals surface area contributed by atoms with Gasteiger partial charge < -0.3 is 14.2 Å². The monoisotopic (exact) mass is 843 g/mol. The number of allylic oxidation sites excluding steroid dienone is 20. The van der Waals surface area contributed by atoms with Gasteiger partial charge >= 0.3 is 17.9 Å². The van der Waals surface area contributed by atoms with E-state index >= 15 is 0 Å². The molecule has 342 valence electrons. The smallest absolute Gasteiger partial charge is 0.306 e. The average molecular weight is 843 g/mol. The topological polar surface area (TPSA) is 78.9 Å². The lowest BCUT2D eigenvalue weighted by molar-refractivity contribution is -0.166. The molecule has 0 aromatic rings. The molecule has 1 atom stereocenters. The molecular formula is C55H86O6. The third-order valence-corrected chi connectivity index (χ3v) is 9.43. The first-order valence-electron chi connectivity index (χ1n) is 24.0. The van der Waals surface area contributed by atoms with Crippen molar-refractivity contribution in [1.29, 1.82) is 0 Å². The summed E-state index contributed by atoms with van der Waals surface area (Å²) in [5, 5.41) is 0. The van der Waals surface area contributed by atoms with Crippen molar-refractivity contribution in [2.24, 2.45) is 0 Å². The summed E-state index contributed by atoms with van der Waals surface area (Å²) in [6, 6.07) is 0. The summed E-state index contributed by atoms with van der Waals surface area (Å²) in [6.07, 6.45) is 66.2. The highest BCUT2D eigenvalue weighted by Gasteiger charge is 2.19. The Labute approximate surface area is 373 Å². The normalized spacial score (nSPS) is 13.2. The number of rotatable bonds is 41. The van der Waals surface area contributed by atoms with Crippen LogP contribution in [0.1, 0.15) is 188 Å². The van der Waals surface area contributed by atoms with Crippen molar-refractivity contribution < 1.29 is 28.6 Å². The molecule has 0 fully saturated rings. The van der Waals surface area contributed by atoms with E-state index in [2.05, 4.69) is 130 Å². The fourth-order valence-corrected chi connectivity index (χ4v) is 5.89. The minimum Gasteiger partial charge on any atom is -0.462 e. The number of ether oxygens (including phenoxy) is 3. The van der Waals surface area contributed by atoms with Gasteiger partial charge in [-0.2, -0.15) is 0 Å². The second kappa shape index (κ2) is 48.5. The molecule has 1 unspecified atom stereocenters. The van der Waals surface area contributed by atoms with E-state index in [4.69, 9.17) is 14.2 Å². The van der Waals surface area contributed by atoms with Gasteiger partial charge in [0, 0.05) is 19.3 Å². The second-order valence-electron chi connectivity index (χ2n) is 15.2. The third kappa shape index (κ3) is 46.7. The average Bonchev–Trinajstić information content (AvgIpc) is 3.26. The number of esters is 3. The molecule has 0 radical (unpaired) electrons. The molecule has 0 aliphatic heterocycles. The van der Waals surface area contributed by atoms with E-state index in [1.54, 1.807) is 0 Å². The number of carbonyl (C=O) groups is 3. The van der Waals surface area contributed by atoms with Crippen molar-refractivity contribution in [3.05, 3.63) is 122 Å². The zero-order valence-corrected chi connectivity index (χ0v) is 38.9. The zero-order chi connectivity index (χ0) is 44.4. The van der Waals surface area contributed by atoms with Crippen LogP contribution in [-0.4, -0.2) is 37.2 Å². The second-order valence-corrected chi connectivity index (χ2v) is 15.2. The van der Waals surface area contributed by atoms with Gasteiger partial charge in [-0.1, -0.05) is 181 Å².